The van der Waals surface area contributed by atoms with Gasteiger partial charge in [0.2, 0.25) is 0 Å². The molecule has 2 heterocycles. The van der Waals surface area contributed by atoms with E-state index in [1.54, 1.807) is 18.6 Å². The summed E-state index contributed by atoms with van der Waals surface area (Å²) in [5.41, 5.74) is 0.978. The largest absolute Gasteiger partial charge is 0.392 e. The Balaban J connectivity index is 2.04. The Labute approximate surface area is 90.0 Å². The lowest BCUT2D eigenvalue weighted by Gasteiger charge is -2.34. The summed E-state index contributed by atoms with van der Waals surface area (Å²) < 4.78 is 0. The quantitative estimate of drug-likeness (QED) is 0.786. The maximum absolute atomic E-state index is 9.60. The molecule has 4 heteroatoms. The van der Waals surface area contributed by atoms with E-state index in [2.05, 4.69) is 21.8 Å². The van der Waals surface area contributed by atoms with Crippen LogP contribution in [0.5, 0.6) is 0 Å². The molecule has 15 heavy (non-hydrogen) atoms. The molecule has 0 unspecified atom stereocenters. The number of β-amino-alcohol motifs (C(OH)–C–C–N with tert-alkyl or cyclic N) is 1. The van der Waals surface area contributed by atoms with Crippen LogP contribution >= 0.6 is 0 Å². The monoisotopic (exact) mass is 207 g/mol. The van der Waals surface area contributed by atoms with E-state index in [-0.39, 0.29) is 12.1 Å². The molecule has 0 aliphatic carbocycles. The first-order valence-corrected chi connectivity index (χ1v) is 5.45. The average Bonchev–Trinajstić information content (AvgIpc) is 2.29. The van der Waals surface area contributed by atoms with Gasteiger partial charge in [-0.1, -0.05) is 0 Å². The van der Waals surface area contributed by atoms with E-state index in [9.17, 15) is 5.11 Å². The van der Waals surface area contributed by atoms with Gasteiger partial charge in [-0.15, -0.1) is 0 Å². The third kappa shape index (κ3) is 2.52. The van der Waals surface area contributed by atoms with Crippen molar-refractivity contribution in [1.29, 1.82) is 0 Å². The van der Waals surface area contributed by atoms with Gasteiger partial charge in [-0.2, -0.15) is 0 Å². The van der Waals surface area contributed by atoms with Crippen LogP contribution in [0.2, 0.25) is 0 Å². The number of hydrogen-bond donors (Lipinski definition) is 1. The van der Waals surface area contributed by atoms with Crippen molar-refractivity contribution in [1.82, 2.24) is 14.9 Å². The Morgan fingerprint density at radius 3 is 3.07 bits per heavy atom. The Hall–Kier alpha value is -1.00. The molecule has 1 aromatic heterocycles. The van der Waals surface area contributed by atoms with Gasteiger partial charge >= 0.3 is 0 Å². The van der Waals surface area contributed by atoms with E-state index >= 15 is 0 Å². The zero-order valence-corrected chi connectivity index (χ0v) is 9.00. The van der Waals surface area contributed by atoms with E-state index in [4.69, 9.17) is 0 Å². The van der Waals surface area contributed by atoms with Crippen molar-refractivity contribution < 1.29 is 5.11 Å². The zero-order valence-electron chi connectivity index (χ0n) is 9.00. The third-order valence-corrected chi connectivity index (χ3v) is 2.99. The normalized spacial score (nSPS) is 25.1. The number of hydrogen-bond acceptors (Lipinski definition) is 4. The SMILES string of the molecule is C[C@H](c1cnccn1)N1CCC[C@H](O)C1. The van der Waals surface area contributed by atoms with Crippen LogP contribution in [-0.4, -0.2) is 39.2 Å². The first-order valence-electron chi connectivity index (χ1n) is 5.45. The number of rotatable bonds is 2. The Kier molecular flexibility index (Phi) is 3.28. The van der Waals surface area contributed by atoms with Crippen molar-refractivity contribution in [3.63, 3.8) is 0 Å². The molecule has 1 fully saturated rings. The minimum absolute atomic E-state index is 0.183. The molecule has 1 aliphatic rings. The van der Waals surface area contributed by atoms with Crippen LogP contribution < -0.4 is 0 Å². The maximum atomic E-state index is 9.60. The summed E-state index contributed by atoms with van der Waals surface area (Å²) in [6, 6.07) is 0.244. The standard InChI is InChI=1S/C11H17N3O/c1-9(11-7-12-4-5-13-11)14-6-2-3-10(15)8-14/h4-5,7,9-10,15H,2-3,6,8H2,1H3/t9-,10+/m1/s1. The Morgan fingerprint density at radius 2 is 2.40 bits per heavy atom. The zero-order chi connectivity index (χ0) is 10.7. The van der Waals surface area contributed by atoms with Gasteiger partial charge in [0.15, 0.2) is 0 Å². The summed E-state index contributed by atoms with van der Waals surface area (Å²) in [4.78, 5) is 10.6. The van der Waals surface area contributed by atoms with E-state index < -0.39 is 0 Å². The molecular formula is C11H17N3O. The van der Waals surface area contributed by atoms with Gasteiger partial charge in [0, 0.05) is 25.1 Å². The van der Waals surface area contributed by atoms with E-state index in [0.717, 1.165) is 31.6 Å². The first-order chi connectivity index (χ1) is 7.27. The van der Waals surface area contributed by atoms with Crippen molar-refractivity contribution in [2.75, 3.05) is 13.1 Å². The minimum atomic E-state index is -0.183. The summed E-state index contributed by atoms with van der Waals surface area (Å²) >= 11 is 0. The second kappa shape index (κ2) is 4.68. The van der Waals surface area contributed by atoms with Gasteiger partial charge in [-0.3, -0.25) is 14.9 Å². The first kappa shape index (κ1) is 10.5. The summed E-state index contributed by atoms with van der Waals surface area (Å²) in [5.74, 6) is 0. The molecule has 1 saturated heterocycles. The number of likely N-dealkylation sites (tertiary alicyclic amines) is 1. The molecule has 1 N–H and O–H groups in total. The number of aliphatic hydroxyl groups is 1. The molecule has 82 valence electrons. The molecule has 2 rings (SSSR count). The molecule has 1 aliphatic heterocycles. The van der Waals surface area contributed by atoms with Crippen LogP contribution in [-0.2, 0) is 0 Å². The molecule has 0 aromatic carbocycles. The number of piperidine rings is 1. The van der Waals surface area contributed by atoms with Crippen molar-refractivity contribution in [3.05, 3.63) is 24.3 Å². The second-order valence-corrected chi connectivity index (χ2v) is 4.10. The summed E-state index contributed by atoms with van der Waals surface area (Å²) in [6.07, 6.45) is 6.99. The molecule has 0 saturated carbocycles. The van der Waals surface area contributed by atoms with Crippen LogP contribution in [0.25, 0.3) is 0 Å². The topological polar surface area (TPSA) is 49.2 Å². The summed E-state index contributed by atoms with van der Waals surface area (Å²) in [6.45, 7) is 3.90. The van der Waals surface area contributed by atoms with Crippen molar-refractivity contribution in [3.8, 4) is 0 Å². The van der Waals surface area contributed by atoms with Crippen LogP contribution in [0.1, 0.15) is 31.5 Å². The molecule has 2 atom stereocenters. The fourth-order valence-corrected chi connectivity index (χ4v) is 2.05. The van der Waals surface area contributed by atoms with Crippen LogP contribution in [0.3, 0.4) is 0 Å². The van der Waals surface area contributed by atoms with Gasteiger partial charge in [-0.25, -0.2) is 0 Å². The lowest BCUT2D eigenvalue weighted by molar-refractivity contribution is 0.0493. The van der Waals surface area contributed by atoms with Crippen molar-refractivity contribution in [2.45, 2.75) is 31.9 Å². The molecular weight excluding hydrogens is 190 g/mol. The minimum Gasteiger partial charge on any atom is -0.392 e. The second-order valence-electron chi connectivity index (χ2n) is 4.10. The molecule has 0 bridgehead atoms. The van der Waals surface area contributed by atoms with Crippen LogP contribution in [0.15, 0.2) is 18.6 Å². The van der Waals surface area contributed by atoms with Crippen LogP contribution in [0, 0.1) is 0 Å². The highest BCUT2D eigenvalue weighted by molar-refractivity contribution is 5.01. The van der Waals surface area contributed by atoms with Gasteiger partial charge in [0.05, 0.1) is 17.8 Å². The van der Waals surface area contributed by atoms with Crippen molar-refractivity contribution in [2.24, 2.45) is 0 Å². The lowest BCUT2D eigenvalue weighted by atomic mass is 10.1. The Bertz CT molecular complexity index is 304. The van der Waals surface area contributed by atoms with Gasteiger partial charge in [-0.05, 0) is 26.3 Å². The predicted molar refractivity (Wildman–Crippen MR) is 57.3 cm³/mol. The summed E-state index contributed by atoms with van der Waals surface area (Å²) in [7, 11) is 0. The molecule has 0 radical (unpaired) electrons. The molecule has 0 amide bonds. The van der Waals surface area contributed by atoms with Crippen molar-refractivity contribution >= 4 is 0 Å². The smallest absolute Gasteiger partial charge is 0.0755 e. The number of aromatic nitrogens is 2. The number of aliphatic hydroxyl groups excluding tert-OH is 1. The maximum Gasteiger partial charge on any atom is 0.0755 e. The fourth-order valence-electron chi connectivity index (χ4n) is 2.05. The fraction of sp³-hybridized carbons (Fsp3) is 0.636. The summed E-state index contributed by atoms with van der Waals surface area (Å²) in [5, 5.41) is 9.60. The Morgan fingerprint density at radius 1 is 1.53 bits per heavy atom. The molecule has 0 spiro atoms. The van der Waals surface area contributed by atoms with E-state index in [0.29, 0.717) is 0 Å². The third-order valence-electron chi connectivity index (χ3n) is 2.99. The lowest BCUT2D eigenvalue weighted by Crippen LogP contribution is -2.39. The van der Waals surface area contributed by atoms with Gasteiger partial charge in [0.25, 0.3) is 0 Å². The molecule has 1 aromatic rings. The highest BCUT2D eigenvalue weighted by Gasteiger charge is 2.23. The van der Waals surface area contributed by atoms with Gasteiger partial charge in [0.1, 0.15) is 0 Å². The van der Waals surface area contributed by atoms with E-state index in [1.807, 2.05) is 0 Å². The highest BCUT2D eigenvalue weighted by atomic mass is 16.3. The average molecular weight is 207 g/mol. The predicted octanol–water partition coefficient (Wildman–Crippen LogP) is 0.994. The van der Waals surface area contributed by atoms with Gasteiger partial charge < -0.3 is 5.11 Å². The highest BCUT2D eigenvalue weighted by Crippen LogP contribution is 2.21. The van der Waals surface area contributed by atoms with E-state index in [1.165, 1.54) is 0 Å². The van der Waals surface area contributed by atoms with Crippen LogP contribution in [0.4, 0.5) is 0 Å². The number of nitrogens with zero attached hydrogens (tertiary/aromatic N) is 3. The molecule has 4 nitrogen and oxygen atoms in total.